The van der Waals surface area contributed by atoms with Crippen LogP contribution in [0.15, 0.2) is 48.5 Å². The van der Waals surface area contributed by atoms with Crippen molar-refractivity contribution in [2.75, 3.05) is 25.1 Å². The normalized spacial score (nSPS) is 22.7. The Hall–Kier alpha value is -3.13. The molecule has 2 aromatic carbocycles. The summed E-state index contributed by atoms with van der Waals surface area (Å²) in [6.07, 6.45) is 6.83. The van der Waals surface area contributed by atoms with Gasteiger partial charge in [0, 0.05) is 49.0 Å². The highest BCUT2D eigenvalue weighted by molar-refractivity contribution is 5.79. The molecule has 3 atom stereocenters. The average Bonchev–Trinajstić information content (AvgIpc) is 2.85. The third-order valence-electron chi connectivity index (χ3n) is 6.91. The lowest BCUT2D eigenvalue weighted by Crippen LogP contribution is -2.57. The molecule has 1 amide bonds. The minimum atomic E-state index is -0.365. The lowest BCUT2D eigenvalue weighted by Gasteiger charge is -2.40. The third kappa shape index (κ3) is 6.26. The number of nitrogens with zero attached hydrogens (tertiary/aromatic N) is 2. The van der Waals surface area contributed by atoms with Gasteiger partial charge in [0.05, 0.1) is 18.5 Å². The molecule has 1 aliphatic heterocycles. The van der Waals surface area contributed by atoms with Crippen molar-refractivity contribution < 1.29 is 14.5 Å². The molecule has 8 heteroatoms. The van der Waals surface area contributed by atoms with Crippen molar-refractivity contribution in [3.8, 4) is 5.75 Å². The summed E-state index contributed by atoms with van der Waals surface area (Å²) in [5, 5.41) is 18.1. The first-order chi connectivity index (χ1) is 16.5. The summed E-state index contributed by atoms with van der Waals surface area (Å²) in [5.74, 6) is 0.806. The molecule has 0 aromatic heterocycles. The number of carbonyl (C=O) groups is 1. The maximum atomic E-state index is 12.8. The van der Waals surface area contributed by atoms with Crippen molar-refractivity contribution in [2.45, 2.75) is 63.1 Å². The van der Waals surface area contributed by atoms with Gasteiger partial charge in [0.1, 0.15) is 5.75 Å². The van der Waals surface area contributed by atoms with E-state index in [4.69, 9.17) is 4.74 Å². The van der Waals surface area contributed by atoms with E-state index in [1.165, 1.54) is 6.42 Å². The van der Waals surface area contributed by atoms with E-state index in [0.717, 1.165) is 62.2 Å². The molecule has 0 radical (unpaired) electrons. The maximum absolute atomic E-state index is 12.8. The SMILES string of the molecule is COc1cccc(CC(=O)N[C@@H]2CCCC[C@H]2NC2CCCN(c3ccc([N+](=O)[O-])cc3)C2)c1. The first-order valence-electron chi connectivity index (χ1n) is 12.2. The Kier molecular flexibility index (Phi) is 8.00. The van der Waals surface area contributed by atoms with Gasteiger partial charge in [-0.2, -0.15) is 0 Å². The second-order valence-electron chi connectivity index (χ2n) is 9.32. The number of carbonyl (C=O) groups excluding carboxylic acids is 1. The number of hydrogen-bond donors (Lipinski definition) is 2. The summed E-state index contributed by atoms with van der Waals surface area (Å²) in [5.41, 5.74) is 2.08. The zero-order chi connectivity index (χ0) is 23.9. The monoisotopic (exact) mass is 466 g/mol. The van der Waals surface area contributed by atoms with Crippen LogP contribution in [0, 0.1) is 10.1 Å². The number of anilines is 1. The van der Waals surface area contributed by atoms with Crippen LogP contribution < -0.4 is 20.3 Å². The number of ether oxygens (including phenoxy) is 1. The van der Waals surface area contributed by atoms with E-state index in [2.05, 4.69) is 15.5 Å². The van der Waals surface area contributed by atoms with Crippen LogP contribution in [0.1, 0.15) is 44.1 Å². The number of nitro groups is 1. The maximum Gasteiger partial charge on any atom is 0.269 e. The number of benzene rings is 2. The zero-order valence-electron chi connectivity index (χ0n) is 19.7. The van der Waals surface area contributed by atoms with E-state index < -0.39 is 0 Å². The van der Waals surface area contributed by atoms with Gasteiger partial charge >= 0.3 is 0 Å². The number of piperidine rings is 1. The van der Waals surface area contributed by atoms with E-state index in [1.54, 1.807) is 19.2 Å². The Labute approximate surface area is 200 Å². The summed E-state index contributed by atoms with van der Waals surface area (Å²) in [4.78, 5) is 25.7. The van der Waals surface area contributed by atoms with Crippen molar-refractivity contribution in [1.82, 2.24) is 10.6 Å². The number of hydrogen-bond acceptors (Lipinski definition) is 6. The fourth-order valence-electron chi connectivity index (χ4n) is 5.16. The van der Waals surface area contributed by atoms with Gasteiger partial charge in [-0.1, -0.05) is 25.0 Å². The Bertz CT molecular complexity index is 981. The molecule has 2 aromatic rings. The van der Waals surface area contributed by atoms with Crippen molar-refractivity contribution in [3.63, 3.8) is 0 Å². The first kappa shape index (κ1) is 24.0. The average molecular weight is 467 g/mol. The summed E-state index contributed by atoms with van der Waals surface area (Å²) in [6, 6.07) is 15.2. The van der Waals surface area contributed by atoms with Gasteiger partial charge in [-0.15, -0.1) is 0 Å². The largest absolute Gasteiger partial charge is 0.497 e. The molecule has 1 saturated carbocycles. The zero-order valence-corrected chi connectivity index (χ0v) is 19.7. The molecule has 1 aliphatic carbocycles. The molecule has 2 fully saturated rings. The van der Waals surface area contributed by atoms with Crippen LogP contribution >= 0.6 is 0 Å². The molecule has 0 bridgehead atoms. The molecule has 1 unspecified atom stereocenters. The minimum absolute atomic E-state index is 0.0445. The summed E-state index contributed by atoms with van der Waals surface area (Å²) >= 11 is 0. The van der Waals surface area contributed by atoms with Crippen molar-refractivity contribution in [3.05, 3.63) is 64.2 Å². The van der Waals surface area contributed by atoms with Gasteiger partial charge in [-0.05, 0) is 55.5 Å². The first-order valence-corrected chi connectivity index (χ1v) is 12.2. The fourth-order valence-corrected chi connectivity index (χ4v) is 5.16. The second kappa shape index (κ2) is 11.3. The molecule has 1 saturated heterocycles. The summed E-state index contributed by atoms with van der Waals surface area (Å²) in [7, 11) is 1.63. The molecule has 2 N–H and O–H groups in total. The van der Waals surface area contributed by atoms with Crippen LogP contribution in [0.5, 0.6) is 5.75 Å². The number of nitro benzene ring substituents is 1. The van der Waals surface area contributed by atoms with Gasteiger partial charge in [-0.25, -0.2) is 0 Å². The molecular formula is C26H34N4O4. The lowest BCUT2D eigenvalue weighted by molar-refractivity contribution is -0.384. The summed E-state index contributed by atoms with van der Waals surface area (Å²) in [6.45, 7) is 1.81. The Morgan fingerprint density at radius 1 is 1.09 bits per heavy atom. The van der Waals surface area contributed by atoms with E-state index in [9.17, 15) is 14.9 Å². The Morgan fingerprint density at radius 3 is 2.59 bits per heavy atom. The standard InChI is InChI=1S/C26H34N4O4/c1-34-23-8-4-6-19(16-23)17-26(31)28-25-10-3-2-9-24(25)27-20-7-5-15-29(18-20)21-11-13-22(14-12-21)30(32)33/h4,6,8,11-14,16,20,24-25,27H,2-3,5,7,9-10,15,17-18H2,1H3,(H,28,31)/t20?,24-,25-/m1/s1. The molecule has 1 heterocycles. The number of amides is 1. The molecule has 0 spiro atoms. The van der Waals surface area contributed by atoms with Crippen LogP contribution in [-0.2, 0) is 11.2 Å². The van der Waals surface area contributed by atoms with Gasteiger partial charge in [0.25, 0.3) is 5.69 Å². The van der Waals surface area contributed by atoms with Crippen molar-refractivity contribution in [2.24, 2.45) is 0 Å². The molecular weight excluding hydrogens is 432 g/mol. The highest BCUT2D eigenvalue weighted by Gasteiger charge is 2.30. The molecule has 8 nitrogen and oxygen atoms in total. The fraction of sp³-hybridized carbons (Fsp3) is 0.500. The number of rotatable bonds is 8. The Balaban J connectivity index is 1.33. The van der Waals surface area contributed by atoms with E-state index in [0.29, 0.717) is 12.5 Å². The van der Waals surface area contributed by atoms with Crippen molar-refractivity contribution >= 4 is 17.3 Å². The molecule has 2 aliphatic rings. The number of nitrogens with one attached hydrogen (secondary N) is 2. The predicted molar refractivity (Wildman–Crippen MR) is 132 cm³/mol. The Morgan fingerprint density at radius 2 is 1.85 bits per heavy atom. The second-order valence-corrected chi connectivity index (χ2v) is 9.32. The summed E-state index contributed by atoms with van der Waals surface area (Å²) < 4.78 is 5.27. The molecule has 4 rings (SSSR count). The lowest BCUT2D eigenvalue weighted by atomic mass is 9.88. The highest BCUT2D eigenvalue weighted by Crippen LogP contribution is 2.25. The van der Waals surface area contributed by atoms with E-state index >= 15 is 0 Å². The third-order valence-corrected chi connectivity index (χ3v) is 6.91. The van der Waals surface area contributed by atoms with E-state index in [1.807, 2.05) is 36.4 Å². The highest BCUT2D eigenvalue weighted by atomic mass is 16.6. The van der Waals surface area contributed by atoms with Crippen molar-refractivity contribution in [1.29, 1.82) is 0 Å². The minimum Gasteiger partial charge on any atom is -0.497 e. The van der Waals surface area contributed by atoms with Gasteiger partial charge in [-0.3, -0.25) is 14.9 Å². The van der Waals surface area contributed by atoms with Gasteiger partial charge < -0.3 is 20.3 Å². The van der Waals surface area contributed by atoms with Crippen LogP contribution in [-0.4, -0.2) is 49.2 Å². The van der Waals surface area contributed by atoms with Crippen LogP contribution in [0.3, 0.4) is 0 Å². The molecule has 182 valence electrons. The number of methoxy groups -OCH3 is 1. The topological polar surface area (TPSA) is 96.7 Å². The number of non-ortho nitro benzene ring substituents is 1. The quantitative estimate of drug-likeness (QED) is 0.453. The van der Waals surface area contributed by atoms with Gasteiger partial charge in [0.2, 0.25) is 5.91 Å². The van der Waals surface area contributed by atoms with Crippen LogP contribution in [0.4, 0.5) is 11.4 Å². The van der Waals surface area contributed by atoms with E-state index in [-0.39, 0.29) is 28.6 Å². The van der Waals surface area contributed by atoms with Crippen LogP contribution in [0.25, 0.3) is 0 Å². The van der Waals surface area contributed by atoms with Gasteiger partial charge in [0.15, 0.2) is 0 Å². The molecule has 34 heavy (non-hydrogen) atoms. The predicted octanol–water partition coefficient (Wildman–Crippen LogP) is 3.83. The smallest absolute Gasteiger partial charge is 0.269 e. The van der Waals surface area contributed by atoms with Crippen LogP contribution in [0.2, 0.25) is 0 Å².